The quantitative estimate of drug-likeness (QED) is 0.441. The number of hydrogen-bond donors (Lipinski definition) is 1. The lowest BCUT2D eigenvalue weighted by Gasteiger charge is -2.11. The second kappa shape index (κ2) is 7.90. The maximum atomic E-state index is 12.4. The Morgan fingerprint density at radius 2 is 2.00 bits per heavy atom. The molecule has 0 atom stereocenters. The van der Waals surface area contributed by atoms with Crippen molar-refractivity contribution < 1.29 is 4.79 Å². The minimum atomic E-state index is -0.0921. The zero-order valence-electron chi connectivity index (χ0n) is 17.1. The van der Waals surface area contributed by atoms with E-state index >= 15 is 0 Å². The molecule has 4 aromatic heterocycles. The third-order valence-electron chi connectivity index (χ3n) is 5.42. The van der Waals surface area contributed by atoms with Gasteiger partial charge < -0.3 is 5.32 Å². The molecule has 30 heavy (non-hydrogen) atoms. The van der Waals surface area contributed by atoms with E-state index in [-0.39, 0.29) is 11.7 Å². The van der Waals surface area contributed by atoms with Crippen LogP contribution in [0.2, 0.25) is 0 Å². The summed E-state index contributed by atoms with van der Waals surface area (Å²) in [6.45, 7) is 6.04. The molecule has 10 heteroatoms. The Balaban J connectivity index is 1.45. The van der Waals surface area contributed by atoms with E-state index in [1.54, 1.807) is 0 Å². The molecule has 0 aromatic carbocycles. The number of nitrogens with zero attached hydrogens (tertiary/aromatic N) is 5. The van der Waals surface area contributed by atoms with Crippen LogP contribution in [0, 0.1) is 13.8 Å². The Bertz CT molecular complexity index is 1250. The number of rotatable bonds is 5. The van der Waals surface area contributed by atoms with Crippen molar-refractivity contribution in [3.63, 3.8) is 0 Å². The van der Waals surface area contributed by atoms with Crippen LogP contribution in [0.4, 0.5) is 5.13 Å². The maximum Gasteiger partial charge on any atom is 0.236 e. The Morgan fingerprint density at radius 1 is 1.17 bits per heavy atom. The zero-order valence-corrected chi connectivity index (χ0v) is 19.6. The second-order valence-electron chi connectivity index (χ2n) is 7.41. The van der Waals surface area contributed by atoms with Crippen LogP contribution in [0.1, 0.15) is 46.6 Å². The van der Waals surface area contributed by atoms with Crippen LogP contribution in [0.25, 0.3) is 15.9 Å². The number of thioether (sulfide) groups is 1. The van der Waals surface area contributed by atoms with E-state index in [1.807, 2.05) is 29.6 Å². The molecule has 0 spiro atoms. The first-order chi connectivity index (χ1) is 14.5. The summed E-state index contributed by atoms with van der Waals surface area (Å²) in [5.41, 5.74) is 3.23. The molecular weight excluding hydrogens is 436 g/mol. The highest BCUT2D eigenvalue weighted by Gasteiger charge is 2.23. The molecule has 1 aliphatic rings. The van der Waals surface area contributed by atoms with Gasteiger partial charge in [0.1, 0.15) is 10.7 Å². The van der Waals surface area contributed by atoms with Gasteiger partial charge >= 0.3 is 0 Å². The van der Waals surface area contributed by atoms with Gasteiger partial charge in [-0.3, -0.25) is 9.20 Å². The van der Waals surface area contributed by atoms with Gasteiger partial charge in [-0.15, -0.1) is 32.9 Å². The molecule has 0 unspecified atom stereocenters. The van der Waals surface area contributed by atoms with Crippen LogP contribution in [0.15, 0.2) is 5.16 Å². The molecule has 0 bridgehead atoms. The van der Waals surface area contributed by atoms with Gasteiger partial charge in [-0.05, 0) is 45.1 Å². The fourth-order valence-corrected chi connectivity index (χ4v) is 6.69. The summed E-state index contributed by atoms with van der Waals surface area (Å²) in [5, 5.41) is 14.4. The summed E-state index contributed by atoms with van der Waals surface area (Å²) in [6, 6.07) is 0. The van der Waals surface area contributed by atoms with Crippen LogP contribution in [0.5, 0.6) is 0 Å². The molecule has 1 amide bonds. The van der Waals surface area contributed by atoms with E-state index in [0.29, 0.717) is 10.3 Å². The summed E-state index contributed by atoms with van der Waals surface area (Å²) in [7, 11) is 0. The standard InChI is InChI=1S/C20H22N6OS3/c1-4-14-22-18-16(12-7-5-6-8-13(12)30-18)17-24-25-20(26(14)17)28-9-15(27)23-19-21-10(2)11(3)29-19/h4-9H2,1-3H3,(H,21,23,27). The lowest BCUT2D eigenvalue weighted by molar-refractivity contribution is -0.113. The highest BCUT2D eigenvalue weighted by atomic mass is 32.2. The first-order valence-electron chi connectivity index (χ1n) is 10.1. The summed E-state index contributed by atoms with van der Waals surface area (Å²) in [6.07, 6.45) is 5.46. The lowest BCUT2D eigenvalue weighted by Crippen LogP contribution is -2.14. The largest absolute Gasteiger partial charge is 0.301 e. The topological polar surface area (TPSA) is 85.1 Å². The Morgan fingerprint density at radius 3 is 2.77 bits per heavy atom. The number of aryl methyl sites for hydroxylation is 5. The number of carbonyl (C=O) groups is 1. The number of anilines is 1. The zero-order chi connectivity index (χ0) is 20.8. The Kier molecular flexibility index (Phi) is 5.24. The van der Waals surface area contributed by atoms with E-state index in [1.165, 1.54) is 46.4 Å². The smallest absolute Gasteiger partial charge is 0.236 e. The third kappa shape index (κ3) is 3.40. The molecule has 0 aliphatic heterocycles. The molecule has 0 fully saturated rings. The molecule has 4 heterocycles. The van der Waals surface area contributed by atoms with Crippen molar-refractivity contribution in [2.75, 3.05) is 11.1 Å². The highest BCUT2D eigenvalue weighted by molar-refractivity contribution is 7.99. The minimum Gasteiger partial charge on any atom is -0.301 e. The number of fused-ring (bicyclic) bond motifs is 5. The van der Waals surface area contributed by atoms with Crippen molar-refractivity contribution in [1.82, 2.24) is 24.6 Å². The number of hydrogen-bond acceptors (Lipinski definition) is 8. The average molecular weight is 459 g/mol. The van der Waals surface area contributed by atoms with Gasteiger partial charge in [0.05, 0.1) is 16.8 Å². The van der Waals surface area contributed by atoms with Crippen molar-refractivity contribution in [2.24, 2.45) is 0 Å². The van der Waals surface area contributed by atoms with Crippen molar-refractivity contribution in [2.45, 2.75) is 58.0 Å². The summed E-state index contributed by atoms with van der Waals surface area (Å²) >= 11 is 4.69. The monoisotopic (exact) mass is 458 g/mol. The fraction of sp³-hybridized carbons (Fsp3) is 0.450. The second-order valence-corrected chi connectivity index (χ2v) is 10.6. The number of amides is 1. The molecular formula is C20H22N6OS3. The molecule has 4 aromatic rings. The summed E-state index contributed by atoms with van der Waals surface area (Å²) < 4.78 is 2.04. The molecule has 0 radical (unpaired) electrons. The molecule has 0 saturated carbocycles. The Hall–Kier alpha value is -2.04. The van der Waals surface area contributed by atoms with Gasteiger partial charge in [-0.1, -0.05) is 18.7 Å². The first kappa shape index (κ1) is 19.9. The number of aromatic nitrogens is 5. The van der Waals surface area contributed by atoms with Crippen molar-refractivity contribution in [1.29, 1.82) is 0 Å². The SMILES string of the molecule is CCc1nc2sc3c(c2c2nnc(SCC(=O)Nc4nc(C)c(C)s4)n12)CCCC3. The predicted molar refractivity (Wildman–Crippen MR) is 123 cm³/mol. The normalized spacial score (nSPS) is 13.8. The predicted octanol–water partition coefficient (Wildman–Crippen LogP) is 4.58. The van der Waals surface area contributed by atoms with Crippen molar-refractivity contribution in [3.8, 4) is 0 Å². The van der Waals surface area contributed by atoms with E-state index in [0.717, 1.165) is 51.5 Å². The van der Waals surface area contributed by atoms with E-state index in [4.69, 9.17) is 4.98 Å². The van der Waals surface area contributed by atoms with Gasteiger partial charge in [-0.25, -0.2) is 9.97 Å². The minimum absolute atomic E-state index is 0.0921. The molecule has 5 rings (SSSR count). The van der Waals surface area contributed by atoms with Gasteiger partial charge in [0.15, 0.2) is 15.9 Å². The van der Waals surface area contributed by atoms with Gasteiger partial charge in [0, 0.05) is 16.2 Å². The van der Waals surface area contributed by atoms with Crippen molar-refractivity contribution >= 4 is 61.3 Å². The number of thiophene rings is 1. The number of nitrogens with one attached hydrogen (secondary N) is 1. The van der Waals surface area contributed by atoms with Gasteiger partial charge in [0.2, 0.25) is 5.91 Å². The van der Waals surface area contributed by atoms with Crippen molar-refractivity contribution in [3.05, 3.63) is 26.8 Å². The number of carbonyl (C=O) groups excluding carboxylic acids is 1. The molecule has 1 N–H and O–H groups in total. The van der Waals surface area contributed by atoms with Crippen LogP contribution in [0.3, 0.4) is 0 Å². The third-order valence-corrected chi connectivity index (χ3v) is 8.52. The van der Waals surface area contributed by atoms with E-state index in [2.05, 4.69) is 27.4 Å². The van der Waals surface area contributed by atoms with Crippen LogP contribution in [-0.2, 0) is 24.1 Å². The van der Waals surface area contributed by atoms with Gasteiger partial charge in [-0.2, -0.15) is 0 Å². The van der Waals surface area contributed by atoms with Gasteiger partial charge in [0.25, 0.3) is 0 Å². The molecule has 7 nitrogen and oxygen atoms in total. The van der Waals surface area contributed by atoms with Crippen LogP contribution in [-0.4, -0.2) is 36.2 Å². The van der Waals surface area contributed by atoms with Crippen LogP contribution < -0.4 is 5.32 Å². The fourth-order valence-electron chi connectivity index (χ4n) is 3.83. The molecule has 1 aliphatic carbocycles. The first-order valence-corrected chi connectivity index (χ1v) is 12.7. The summed E-state index contributed by atoms with van der Waals surface area (Å²) in [5.74, 6) is 1.10. The molecule has 0 saturated heterocycles. The molecule has 156 valence electrons. The average Bonchev–Trinajstić information content (AvgIpc) is 3.40. The Labute approximate surface area is 186 Å². The summed E-state index contributed by atoms with van der Waals surface area (Å²) in [4.78, 5) is 25.4. The lowest BCUT2D eigenvalue weighted by atomic mass is 9.97. The van der Waals surface area contributed by atoms with Crippen LogP contribution >= 0.6 is 34.4 Å². The highest BCUT2D eigenvalue weighted by Crippen LogP contribution is 2.38. The maximum absolute atomic E-state index is 12.4. The van der Waals surface area contributed by atoms with E-state index < -0.39 is 0 Å². The van der Waals surface area contributed by atoms with E-state index in [9.17, 15) is 4.79 Å². The number of thiazole rings is 1.